The number of benzene rings is 2. The summed E-state index contributed by atoms with van der Waals surface area (Å²) in [4.78, 5) is 40.1. The first-order valence-electron chi connectivity index (χ1n) is 9.02. The number of nitrogens with one attached hydrogen (secondary N) is 1. The average Bonchev–Trinajstić information content (AvgIpc) is 3.00. The van der Waals surface area contributed by atoms with E-state index in [1.165, 1.54) is 19.1 Å². The largest absolute Gasteiger partial charge is 0.497 e. The van der Waals surface area contributed by atoms with E-state index >= 15 is 0 Å². The molecule has 2 aromatic carbocycles. The summed E-state index contributed by atoms with van der Waals surface area (Å²) >= 11 is 0. The standard InChI is InChI=1S/C21H23N3O5/c1-23(2)20(26)13-5-7-14(8-6-13)22-16-12-19(25)24(21(16)27)17-10-9-15(28-3)11-18(17)29-4/h5-11,16,22H,12H2,1-4H3/t16-/m1/s1. The summed E-state index contributed by atoms with van der Waals surface area (Å²) in [5, 5.41) is 3.07. The van der Waals surface area contributed by atoms with Gasteiger partial charge in [-0.25, -0.2) is 4.90 Å². The molecule has 1 heterocycles. The van der Waals surface area contributed by atoms with Crippen LogP contribution in [0, 0.1) is 0 Å². The van der Waals surface area contributed by atoms with Crippen LogP contribution in [0.4, 0.5) is 11.4 Å². The molecule has 0 unspecified atom stereocenters. The lowest BCUT2D eigenvalue weighted by atomic mass is 10.1. The molecule has 0 aliphatic carbocycles. The molecule has 0 radical (unpaired) electrons. The number of carbonyl (C=O) groups excluding carboxylic acids is 3. The minimum absolute atomic E-state index is 0.0202. The highest BCUT2D eigenvalue weighted by Gasteiger charge is 2.40. The van der Waals surface area contributed by atoms with Gasteiger partial charge in [-0.3, -0.25) is 14.4 Å². The molecule has 8 nitrogen and oxygen atoms in total. The van der Waals surface area contributed by atoms with Gasteiger partial charge in [-0.2, -0.15) is 0 Å². The van der Waals surface area contributed by atoms with Gasteiger partial charge < -0.3 is 19.7 Å². The van der Waals surface area contributed by atoms with E-state index in [9.17, 15) is 14.4 Å². The third-order valence-electron chi connectivity index (χ3n) is 4.65. The van der Waals surface area contributed by atoms with Gasteiger partial charge in [0.15, 0.2) is 0 Å². The fourth-order valence-corrected chi connectivity index (χ4v) is 3.14. The maximum Gasteiger partial charge on any atom is 0.256 e. The van der Waals surface area contributed by atoms with Crippen molar-refractivity contribution in [2.75, 3.05) is 38.5 Å². The molecule has 1 aliphatic heterocycles. The highest BCUT2D eigenvalue weighted by molar-refractivity contribution is 6.23. The maximum atomic E-state index is 12.9. The van der Waals surface area contributed by atoms with Gasteiger partial charge in [0.25, 0.3) is 11.8 Å². The molecular formula is C21H23N3O5. The van der Waals surface area contributed by atoms with Crippen LogP contribution in [-0.4, -0.2) is 57.0 Å². The smallest absolute Gasteiger partial charge is 0.256 e. The van der Waals surface area contributed by atoms with E-state index in [0.29, 0.717) is 28.4 Å². The van der Waals surface area contributed by atoms with Crippen molar-refractivity contribution in [3.8, 4) is 11.5 Å². The van der Waals surface area contributed by atoms with Crippen molar-refractivity contribution in [3.63, 3.8) is 0 Å². The summed E-state index contributed by atoms with van der Waals surface area (Å²) in [6, 6.07) is 11.0. The molecule has 0 spiro atoms. The summed E-state index contributed by atoms with van der Waals surface area (Å²) in [5.41, 5.74) is 1.56. The minimum Gasteiger partial charge on any atom is -0.497 e. The highest BCUT2D eigenvalue weighted by Crippen LogP contribution is 2.35. The van der Waals surface area contributed by atoms with Crippen LogP contribution >= 0.6 is 0 Å². The van der Waals surface area contributed by atoms with Crippen LogP contribution in [0.5, 0.6) is 11.5 Å². The average molecular weight is 397 g/mol. The van der Waals surface area contributed by atoms with Crippen molar-refractivity contribution in [3.05, 3.63) is 48.0 Å². The lowest BCUT2D eigenvalue weighted by molar-refractivity contribution is -0.121. The molecule has 1 aliphatic rings. The van der Waals surface area contributed by atoms with Gasteiger partial charge in [0, 0.05) is 31.4 Å². The number of hydrogen-bond acceptors (Lipinski definition) is 6. The van der Waals surface area contributed by atoms with Crippen LogP contribution in [0.15, 0.2) is 42.5 Å². The molecule has 0 bridgehead atoms. The van der Waals surface area contributed by atoms with E-state index in [1.807, 2.05) is 0 Å². The van der Waals surface area contributed by atoms with E-state index in [-0.39, 0.29) is 24.1 Å². The van der Waals surface area contributed by atoms with Gasteiger partial charge in [0.05, 0.1) is 26.3 Å². The van der Waals surface area contributed by atoms with Crippen LogP contribution in [0.3, 0.4) is 0 Å². The van der Waals surface area contributed by atoms with Gasteiger partial charge >= 0.3 is 0 Å². The van der Waals surface area contributed by atoms with Crippen molar-refractivity contribution < 1.29 is 23.9 Å². The number of ether oxygens (including phenoxy) is 2. The Hall–Kier alpha value is -3.55. The summed E-state index contributed by atoms with van der Waals surface area (Å²) in [6.45, 7) is 0. The first kappa shape index (κ1) is 20.2. The minimum atomic E-state index is -0.704. The number of rotatable bonds is 6. The van der Waals surface area contributed by atoms with Crippen LogP contribution in [0.1, 0.15) is 16.8 Å². The van der Waals surface area contributed by atoms with E-state index in [1.54, 1.807) is 56.6 Å². The molecule has 1 atom stereocenters. The first-order chi connectivity index (χ1) is 13.8. The second kappa shape index (κ2) is 8.22. The van der Waals surface area contributed by atoms with Crippen molar-refractivity contribution in [2.24, 2.45) is 0 Å². The molecule has 2 aromatic rings. The van der Waals surface area contributed by atoms with Gasteiger partial charge in [-0.1, -0.05) is 0 Å². The second-order valence-electron chi connectivity index (χ2n) is 6.78. The Balaban J connectivity index is 1.78. The van der Waals surface area contributed by atoms with Crippen molar-refractivity contribution >= 4 is 29.1 Å². The normalized spacial score (nSPS) is 16.0. The lowest BCUT2D eigenvalue weighted by Gasteiger charge is -2.19. The molecule has 3 rings (SSSR count). The van der Waals surface area contributed by atoms with Crippen molar-refractivity contribution in [2.45, 2.75) is 12.5 Å². The Labute approximate surface area is 169 Å². The number of nitrogens with zero attached hydrogens (tertiary/aromatic N) is 2. The molecule has 1 saturated heterocycles. The number of anilines is 2. The monoisotopic (exact) mass is 397 g/mol. The number of hydrogen-bond donors (Lipinski definition) is 1. The number of amides is 3. The van der Waals surface area contributed by atoms with Crippen LogP contribution < -0.4 is 19.7 Å². The molecule has 3 amide bonds. The molecule has 1 N–H and O–H groups in total. The van der Waals surface area contributed by atoms with Crippen molar-refractivity contribution in [1.82, 2.24) is 4.90 Å². The number of carbonyl (C=O) groups is 3. The van der Waals surface area contributed by atoms with Crippen molar-refractivity contribution in [1.29, 1.82) is 0 Å². The number of imide groups is 1. The first-order valence-corrected chi connectivity index (χ1v) is 9.02. The fourth-order valence-electron chi connectivity index (χ4n) is 3.14. The Morgan fingerprint density at radius 2 is 1.76 bits per heavy atom. The predicted molar refractivity (Wildman–Crippen MR) is 109 cm³/mol. The molecule has 29 heavy (non-hydrogen) atoms. The summed E-state index contributed by atoms with van der Waals surface area (Å²) in [6.07, 6.45) is 0.0202. The zero-order chi connectivity index (χ0) is 21.1. The lowest BCUT2D eigenvalue weighted by Crippen LogP contribution is -2.35. The van der Waals surface area contributed by atoms with Crippen LogP contribution in [-0.2, 0) is 9.59 Å². The van der Waals surface area contributed by atoms with Gasteiger partial charge in [-0.15, -0.1) is 0 Å². The highest BCUT2D eigenvalue weighted by atomic mass is 16.5. The molecule has 8 heteroatoms. The summed E-state index contributed by atoms with van der Waals surface area (Å²) in [5.74, 6) is 0.133. The Morgan fingerprint density at radius 1 is 1.07 bits per heavy atom. The van der Waals surface area contributed by atoms with Gasteiger partial charge in [0.1, 0.15) is 17.5 Å². The summed E-state index contributed by atoms with van der Waals surface area (Å²) in [7, 11) is 6.35. The third kappa shape index (κ3) is 4.01. The van der Waals surface area contributed by atoms with E-state index in [0.717, 1.165) is 4.90 Å². The van der Waals surface area contributed by atoms with Gasteiger partial charge in [0.2, 0.25) is 5.91 Å². The predicted octanol–water partition coefficient (Wildman–Crippen LogP) is 2.15. The Bertz CT molecular complexity index is 940. The molecular weight excluding hydrogens is 374 g/mol. The SMILES string of the molecule is COc1ccc(N2C(=O)C[C@@H](Nc3ccc(C(=O)N(C)C)cc3)C2=O)c(OC)c1. The van der Waals surface area contributed by atoms with Gasteiger partial charge in [-0.05, 0) is 36.4 Å². The summed E-state index contributed by atoms with van der Waals surface area (Å²) < 4.78 is 10.5. The Kier molecular flexibility index (Phi) is 5.72. The van der Waals surface area contributed by atoms with E-state index in [2.05, 4.69) is 5.32 Å². The Morgan fingerprint density at radius 3 is 2.34 bits per heavy atom. The van der Waals surface area contributed by atoms with Crippen LogP contribution in [0.25, 0.3) is 0 Å². The second-order valence-corrected chi connectivity index (χ2v) is 6.78. The zero-order valence-corrected chi connectivity index (χ0v) is 16.8. The fraction of sp³-hybridized carbons (Fsp3) is 0.286. The molecule has 1 fully saturated rings. The van der Waals surface area contributed by atoms with E-state index in [4.69, 9.17) is 9.47 Å². The van der Waals surface area contributed by atoms with E-state index < -0.39 is 6.04 Å². The topological polar surface area (TPSA) is 88.2 Å². The zero-order valence-electron chi connectivity index (χ0n) is 16.8. The molecule has 152 valence electrons. The third-order valence-corrected chi connectivity index (χ3v) is 4.65. The number of methoxy groups -OCH3 is 2. The maximum absolute atomic E-state index is 12.9. The van der Waals surface area contributed by atoms with Crippen LogP contribution in [0.2, 0.25) is 0 Å². The molecule has 0 saturated carbocycles. The molecule has 0 aromatic heterocycles. The quantitative estimate of drug-likeness (QED) is 0.752.